The Kier molecular flexibility index (Phi) is 5.94. The topological polar surface area (TPSA) is 53.6 Å². The van der Waals surface area contributed by atoms with Crippen LogP contribution in [0.25, 0.3) is 5.70 Å². The molecule has 1 fully saturated rings. The molecule has 1 saturated heterocycles. The van der Waals surface area contributed by atoms with E-state index in [1.807, 2.05) is 0 Å². The third-order valence-electron chi connectivity index (χ3n) is 5.33. The smallest absolute Gasteiger partial charge is 0.458 e. The first-order valence-corrected chi connectivity index (χ1v) is 9.98. The Balaban J connectivity index is 2.21. The minimum Gasteiger partial charge on any atom is -0.483 e. The molecule has 0 aromatic heterocycles. The van der Waals surface area contributed by atoms with Gasteiger partial charge in [0.15, 0.2) is 5.11 Å². The number of rotatable bonds is 4. The standard InChI is InChI=1S/C20H22F5N3O2S/c1-18(2)13(10-27-17(31)26-3)16(28-8-4-5-15(28)29)12-9-11(6-7-14(12)30-18)19(21,22)20(23,24)25/h6-7,9H,4-5,8,10H2,1-3H3,(H2,26,27,31). The summed E-state index contributed by atoms with van der Waals surface area (Å²) in [7, 11) is 1.61. The van der Waals surface area contributed by atoms with Crippen LogP contribution >= 0.6 is 12.2 Å². The highest BCUT2D eigenvalue weighted by Crippen LogP contribution is 2.48. The predicted molar refractivity (Wildman–Crippen MR) is 109 cm³/mol. The van der Waals surface area contributed by atoms with Gasteiger partial charge in [0, 0.05) is 43.3 Å². The van der Waals surface area contributed by atoms with E-state index >= 15 is 0 Å². The number of likely N-dealkylation sites (tertiary alicyclic amines) is 1. The van der Waals surface area contributed by atoms with Gasteiger partial charge >= 0.3 is 12.1 Å². The molecule has 0 spiro atoms. The molecule has 0 unspecified atom stereocenters. The van der Waals surface area contributed by atoms with Crippen molar-refractivity contribution in [3.8, 4) is 5.75 Å². The molecule has 2 heterocycles. The second-order valence-electron chi connectivity index (χ2n) is 7.80. The number of hydrogen-bond acceptors (Lipinski definition) is 3. The molecule has 2 aliphatic rings. The second kappa shape index (κ2) is 7.92. The number of benzene rings is 1. The molecule has 0 saturated carbocycles. The van der Waals surface area contributed by atoms with E-state index in [0.29, 0.717) is 29.7 Å². The second-order valence-corrected chi connectivity index (χ2v) is 8.21. The fourth-order valence-electron chi connectivity index (χ4n) is 3.69. The zero-order valence-electron chi connectivity index (χ0n) is 17.1. The van der Waals surface area contributed by atoms with Gasteiger partial charge in [-0.25, -0.2) is 0 Å². The molecule has 170 valence electrons. The Morgan fingerprint density at radius 3 is 2.48 bits per heavy atom. The van der Waals surface area contributed by atoms with Crippen LogP contribution in [-0.2, 0) is 10.7 Å². The van der Waals surface area contributed by atoms with E-state index in [4.69, 9.17) is 17.0 Å². The average Bonchev–Trinajstić information content (AvgIpc) is 3.09. The molecular weight excluding hydrogens is 441 g/mol. The van der Waals surface area contributed by atoms with Crippen LogP contribution in [0.2, 0.25) is 0 Å². The van der Waals surface area contributed by atoms with Crippen LogP contribution in [0.5, 0.6) is 5.75 Å². The molecule has 2 N–H and O–H groups in total. The summed E-state index contributed by atoms with van der Waals surface area (Å²) in [5.74, 6) is -5.16. The summed E-state index contributed by atoms with van der Waals surface area (Å²) < 4.78 is 73.0. The van der Waals surface area contributed by atoms with Gasteiger partial charge in [0.25, 0.3) is 0 Å². The number of carbonyl (C=O) groups excluding carboxylic acids is 1. The van der Waals surface area contributed by atoms with E-state index < -0.39 is 23.3 Å². The van der Waals surface area contributed by atoms with Gasteiger partial charge in [0.2, 0.25) is 5.91 Å². The Morgan fingerprint density at radius 2 is 1.94 bits per heavy atom. The predicted octanol–water partition coefficient (Wildman–Crippen LogP) is 3.94. The molecule has 1 aromatic rings. The lowest BCUT2D eigenvalue weighted by molar-refractivity contribution is -0.289. The van der Waals surface area contributed by atoms with Crippen LogP contribution in [0.4, 0.5) is 22.0 Å². The third kappa shape index (κ3) is 4.19. The molecule has 0 aliphatic carbocycles. The van der Waals surface area contributed by atoms with Crippen LogP contribution < -0.4 is 15.4 Å². The number of fused-ring (bicyclic) bond motifs is 1. The summed E-state index contributed by atoms with van der Waals surface area (Å²) in [6.45, 7) is 3.89. The van der Waals surface area contributed by atoms with Crippen molar-refractivity contribution in [2.75, 3.05) is 20.1 Å². The molecule has 0 radical (unpaired) electrons. The molecule has 5 nitrogen and oxygen atoms in total. The number of hydrogen-bond donors (Lipinski definition) is 2. The molecule has 2 aliphatic heterocycles. The molecule has 0 atom stereocenters. The minimum absolute atomic E-state index is 0.0168. The first-order valence-electron chi connectivity index (χ1n) is 9.57. The molecule has 11 heteroatoms. The van der Waals surface area contributed by atoms with Gasteiger partial charge in [-0.15, -0.1) is 0 Å². The van der Waals surface area contributed by atoms with Gasteiger partial charge in [-0.1, -0.05) is 0 Å². The van der Waals surface area contributed by atoms with Crippen LogP contribution in [0.3, 0.4) is 0 Å². The van der Waals surface area contributed by atoms with Gasteiger partial charge in [-0.2, -0.15) is 22.0 Å². The number of halogens is 5. The van der Waals surface area contributed by atoms with Crippen LogP contribution in [-0.4, -0.2) is 47.8 Å². The monoisotopic (exact) mass is 463 g/mol. The van der Waals surface area contributed by atoms with E-state index in [2.05, 4.69) is 10.6 Å². The number of carbonyl (C=O) groups is 1. The van der Waals surface area contributed by atoms with Crippen LogP contribution in [0.15, 0.2) is 23.8 Å². The summed E-state index contributed by atoms with van der Waals surface area (Å²) in [4.78, 5) is 14.0. The van der Waals surface area contributed by atoms with Crippen molar-refractivity contribution in [2.45, 2.75) is 44.4 Å². The lowest BCUT2D eigenvalue weighted by Crippen LogP contribution is -2.45. The number of nitrogens with one attached hydrogen (secondary N) is 2. The maximum Gasteiger partial charge on any atom is 0.458 e. The summed E-state index contributed by atoms with van der Waals surface area (Å²) in [5, 5.41) is 5.99. The van der Waals surface area contributed by atoms with Crippen molar-refractivity contribution in [1.82, 2.24) is 15.5 Å². The maximum atomic E-state index is 14.1. The highest BCUT2D eigenvalue weighted by atomic mass is 32.1. The van der Waals surface area contributed by atoms with E-state index in [-0.39, 0.29) is 35.9 Å². The summed E-state index contributed by atoms with van der Waals surface area (Å²) >= 11 is 5.09. The van der Waals surface area contributed by atoms with Crippen molar-refractivity contribution < 1.29 is 31.5 Å². The van der Waals surface area contributed by atoms with E-state index in [9.17, 15) is 26.7 Å². The quantitative estimate of drug-likeness (QED) is 0.524. The molecule has 1 amide bonds. The zero-order valence-corrected chi connectivity index (χ0v) is 17.9. The van der Waals surface area contributed by atoms with Crippen molar-refractivity contribution in [2.24, 2.45) is 0 Å². The number of thiocarbonyl (C=S) groups is 1. The number of nitrogens with zero attached hydrogens (tertiary/aromatic N) is 1. The number of amides is 1. The third-order valence-corrected chi connectivity index (χ3v) is 5.68. The van der Waals surface area contributed by atoms with Gasteiger partial charge < -0.3 is 20.3 Å². The molecular formula is C20H22F5N3O2S. The van der Waals surface area contributed by atoms with Crippen LogP contribution in [0, 0.1) is 0 Å². The lowest BCUT2D eigenvalue weighted by atomic mass is 9.87. The largest absolute Gasteiger partial charge is 0.483 e. The van der Waals surface area contributed by atoms with Crippen LogP contribution in [0.1, 0.15) is 37.8 Å². The Morgan fingerprint density at radius 1 is 1.26 bits per heavy atom. The van der Waals surface area contributed by atoms with E-state index in [0.717, 1.165) is 12.1 Å². The summed E-state index contributed by atoms with van der Waals surface area (Å²) in [6, 6.07) is 2.55. The Bertz CT molecular complexity index is 943. The normalized spacial score (nSPS) is 18.6. The number of alkyl halides is 5. The minimum atomic E-state index is -5.76. The first kappa shape index (κ1) is 23.2. The van der Waals surface area contributed by atoms with Crippen molar-refractivity contribution >= 4 is 28.9 Å². The Hall–Kier alpha value is -2.43. The Labute approximate surface area is 181 Å². The summed E-state index contributed by atoms with van der Waals surface area (Å²) in [5.41, 5.74) is -1.39. The molecule has 31 heavy (non-hydrogen) atoms. The van der Waals surface area contributed by atoms with Gasteiger partial charge in [-0.05, 0) is 50.7 Å². The van der Waals surface area contributed by atoms with Crippen molar-refractivity contribution in [3.63, 3.8) is 0 Å². The van der Waals surface area contributed by atoms with E-state index in [1.54, 1.807) is 20.9 Å². The number of ether oxygens (including phenoxy) is 1. The maximum absolute atomic E-state index is 14.1. The van der Waals surface area contributed by atoms with E-state index in [1.165, 1.54) is 4.90 Å². The van der Waals surface area contributed by atoms with Gasteiger partial charge in [0.05, 0.1) is 5.70 Å². The SMILES string of the molecule is CNC(=S)NCC1=C(N2CCCC2=O)c2cc(C(F)(F)C(F)(F)F)ccc2OC1(C)C. The van der Waals surface area contributed by atoms with Crippen molar-refractivity contribution in [1.29, 1.82) is 0 Å². The highest BCUT2D eigenvalue weighted by molar-refractivity contribution is 7.80. The van der Waals surface area contributed by atoms with Crippen molar-refractivity contribution in [3.05, 3.63) is 34.9 Å². The fourth-order valence-corrected chi connectivity index (χ4v) is 3.77. The average molecular weight is 463 g/mol. The van der Waals surface area contributed by atoms with Gasteiger partial charge in [-0.3, -0.25) is 4.79 Å². The highest BCUT2D eigenvalue weighted by Gasteiger charge is 2.59. The molecule has 1 aromatic carbocycles. The zero-order chi connectivity index (χ0) is 23.2. The molecule has 0 bridgehead atoms. The first-order chi connectivity index (χ1) is 14.3. The molecule has 3 rings (SSSR count). The van der Waals surface area contributed by atoms with Gasteiger partial charge in [0.1, 0.15) is 11.4 Å². The lowest BCUT2D eigenvalue weighted by Gasteiger charge is -2.40. The fraction of sp³-hybridized carbons (Fsp3) is 0.500. The summed E-state index contributed by atoms with van der Waals surface area (Å²) in [6.07, 6.45) is -4.95.